The minimum Gasteiger partial charge on any atom is -0.494 e. The van der Waals surface area contributed by atoms with Gasteiger partial charge in [0.2, 0.25) is 17.7 Å². The van der Waals surface area contributed by atoms with Crippen molar-refractivity contribution in [1.29, 1.82) is 0 Å². The number of nitrogens with one attached hydrogen (secondary N) is 2. The van der Waals surface area contributed by atoms with Crippen LogP contribution in [0.4, 0.5) is 5.69 Å². The van der Waals surface area contributed by atoms with E-state index in [0.717, 1.165) is 37.0 Å². The molecule has 8 heteroatoms. The highest BCUT2D eigenvalue weighted by atomic mass is 16.5. The number of benzene rings is 2. The second-order valence-electron chi connectivity index (χ2n) is 11.3. The number of anilines is 1. The predicted molar refractivity (Wildman–Crippen MR) is 151 cm³/mol. The van der Waals surface area contributed by atoms with Crippen molar-refractivity contribution < 1.29 is 23.9 Å². The number of amides is 3. The Hall–Kier alpha value is -3.65. The molecule has 3 amide bonds. The third kappa shape index (κ3) is 4.79. The van der Waals surface area contributed by atoms with E-state index < -0.39 is 29.6 Å². The highest BCUT2D eigenvalue weighted by Gasteiger charge is 2.72. The Morgan fingerprint density at radius 1 is 1.02 bits per heavy atom. The van der Waals surface area contributed by atoms with Crippen LogP contribution in [0.3, 0.4) is 0 Å². The number of hydrogen-bond acceptors (Lipinski definition) is 5. The van der Waals surface area contributed by atoms with Crippen molar-refractivity contribution in [2.75, 3.05) is 18.5 Å². The molecule has 1 aliphatic carbocycles. The summed E-state index contributed by atoms with van der Waals surface area (Å²) in [5.74, 6) is -1.43. The van der Waals surface area contributed by atoms with Gasteiger partial charge in [0.1, 0.15) is 17.4 Å². The number of likely N-dealkylation sites (tertiary alicyclic amines) is 1. The van der Waals surface area contributed by atoms with Crippen molar-refractivity contribution >= 4 is 23.4 Å². The lowest BCUT2D eigenvalue weighted by molar-refractivity contribution is -0.141. The van der Waals surface area contributed by atoms with Crippen molar-refractivity contribution in [3.63, 3.8) is 0 Å². The van der Waals surface area contributed by atoms with Crippen LogP contribution in [0.25, 0.3) is 0 Å². The topological polar surface area (TPSA) is 97.0 Å². The van der Waals surface area contributed by atoms with Crippen LogP contribution in [0, 0.1) is 11.8 Å². The summed E-state index contributed by atoms with van der Waals surface area (Å²) < 4.78 is 12.0. The molecule has 8 nitrogen and oxygen atoms in total. The van der Waals surface area contributed by atoms with Gasteiger partial charge in [-0.3, -0.25) is 14.4 Å². The SMILES string of the molecule is CCOc1ccc(NC(=O)[C@@H]2[C@H]3C=C[C@]4(O3)[C@H](C(=O)NC3CCCCC3)N(CCc3ccccc3)C(=O)[C@@H]24)cc1. The third-order valence-electron chi connectivity index (χ3n) is 8.79. The van der Waals surface area contributed by atoms with Gasteiger partial charge in [0, 0.05) is 18.3 Å². The van der Waals surface area contributed by atoms with Gasteiger partial charge in [-0.15, -0.1) is 0 Å². The highest BCUT2D eigenvalue weighted by Crippen LogP contribution is 2.55. The van der Waals surface area contributed by atoms with Crippen molar-refractivity contribution in [1.82, 2.24) is 10.2 Å². The Morgan fingerprint density at radius 2 is 1.77 bits per heavy atom. The first-order valence-corrected chi connectivity index (χ1v) is 14.6. The van der Waals surface area contributed by atoms with E-state index in [1.807, 2.05) is 49.4 Å². The van der Waals surface area contributed by atoms with Gasteiger partial charge in [-0.25, -0.2) is 0 Å². The summed E-state index contributed by atoms with van der Waals surface area (Å²) in [6, 6.07) is 16.4. The summed E-state index contributed by atoms with van der Waals surface area (Å²) in [5, 5.41) is 6.21. The lowest BCUT2D eigenvalue weighted by atomic mass is 9.74. The maximum atomic E-state index is 14.1. The van der Waals surface area contributed by atoms with E-state index in [4.69, 9.17) is 9.47 Å². The van der Waals surface area contributed by atoms with Gasteiger partial charge in [0.05, 0.1) is 24.5 Å². The van der Waals surface area contributed by atoms with Gasteiger partial charge in [-0.05, 0) is 56.0 Å². The van der Waals surface area contributed by atoms with E-state index in [2.05, 4.69) is 10.6 Å². The Labute approximate surface area is 235 Å². The molecule has 3 fully saturated rings. The van der Waals surface area contributed by atoms with Crippen molar-refractivity contribution in [2.45, 2.75) is 69.2 Å². The Kier molecular flexibility index (Phi) is 7.36. The van der Waals surface area contributed by atoms with Crippen LogP contribution in [0.1, 0.15) is 44.6 Å². The molecule has 2 aromatic carbocycles. The lowest BCUT2D eigenvalue weighted by Crippen LogP contribution is -2.56. The molecule has 2 aromatic rings. The molecular weight excluding hydrogens is 506 g/mol. The van der Waals surface area contributed by atoms with Crippen LogP contribution in [0.15, 0.2) is 66.7 Å². The number of nitrogens with zero attached hydrogens (tertiary/aromatic N) is 1. The number of carbonyl (C=O) groups excluding carboxylic acids is 3. The molecule has 2 bridgehead atoms. The fraction of sp³-hybridized carbons (Fsp3) is 0.469. The van der Waals surface area contributed by atoms with Crippen molar-refractivity contribution in [2.24, 2.45) is 11.8 Å². The second-order valence-corrected chi connectivity index (χ2v) is 11.3. The Balaban J connectivity index is 1.26. The summed E-state index contributed by atoms with van der Waals surface area (Å²) >= 11 is 0. The van der Waals surface area contributed by atoms with Crippen LogP contribution in [-0.2, 0) is 25.5 Å². The number of ether oxygens (including phenoxy) is 2. The zero-order valence-corrected chi connectivity index (χ0v) is 22.9. The summed E-state index contributed by atoms with van der Waals surface area (Å²) in [4.78, 5) is 43.4. The molecule has 0 unspecified atom stereocenters. The van der Waals surface area contributed by atoms with Crippen LogP contribution in [0.5, 0.6) is 5.75 Å². The number of hydrogen-bond donors (Lipinski definition) is 2. The Bertz CT molecular complexity index is 1270. The third-order valence-corrected chi connectivity index (χ3v) is 8.79. The molecule has 210 valence electrons. The standard InChI is InChI=1S/C32H37N3O5/c1-2-39-24-15-13-23(14-16-24)33-29(36)26-25-17-19-32(40-25)27(26)31(38)35(20-18-21-9-5-3-6-10-21)28(32)30(37)34-22-11-7-4-8-12-22/h3,5-6,9-10,13-17,19,22,25-28H,2,4,7-8,11-12,18,20H2,1H3,(H,33,36)(H,34,37)/t25-,26-,27-,28+,32-/m1/s1. The summed E-state index contributed by atoms with van der Waals surface area (Å²) in [5.41, 5.74) is 0.548. The molecule has 40 heavy (non-hydrogen) atoms. The molecule has 5 atom stereocenters. The number of carbonyl (C=O) groups is 3. The van der Waals surface area contributed by atoms with Crippen LogP contribution >= 0.6 is 0 Å². The van der Waals surface area contributed by atoms with Crippen molar-refractivity contribution in [3.8, 4) is 5.75 Å². The maximum Gasteiger partial charge on any atom is 0.246 e. The normalized spacial score (nSPS) is 28.9. The first-order valence-electron chi connectivity index (χ1n) is 14.6. The molecule has 1 saturated carbocycles. The van der Waals surface area contributed by atoms with Crippen LogP contribution in [0.2, 0.25) is 0 Å². The van der Waals surface area contributed by atoms with E-state index in [1.54, 1.807) is 29.2 Å². The minimum atomic E-state index is -1.15. The van der Waals surface area contributed by atoms with Gasteiger partial charge in [0.25, 0.3) is 0 Å². The maximum absolute atomic E-state index is 14.1. The van der Waals surface area contributed by atoms with E-state index in [0.29, 0.717) is 25.3 Å². The van der Waals surface area contributed by atoms with Crippen LogP contribution < -0.4 is 15.4 Å². The van der Waals surface area contributed by atoms with Gasteiger partial charge < -0.3 is 25.0 Å². The fourth-order valence-electron chi connectivity index (χ4n) is 6.96. The molecule has 3 heterocycles. The molecule has 6 rings (SSSR count). The molecule has 2 saturated heterocycles. The monoisotopic (exact) mass is 543 g/mol. The first kappa shape index (κ1) is 26.6. The van der Waals surface area contributed by atoms with Crippen molar-refractivity contribution in [3.05, 3.63) is 72.3 Å². The van der Waals surface area contributed by atoms with Gasteiger partial charge in [-0.1, -0.05) is 61.7 Å². The average Bonchev–Trinajstić information content (AvgIpc) is 3.61. The van der Waals surface area contributed by atoms with Gasteiger partial charge >= 0.3 is 0 Å². The zero-order chi connectivity index (χ0) is 27.7. The molecule has 0 radical (unpaired) electrons. The molecule has 3 aliphatic heterocycles. The molecular formula is C32H37N3O5. The van der Waals surface area contributed by atoms with Crippen LogP contribution in [-0.4, -0.2) is 59.6 Å². The van der Waals surface area contributed by atoms with Gasteiger partial charge in [-0.2, -0.15) is 0 Å². The molecule has 1 spiro atoms. The Morgan fingerprint density at radius 3 is 2.50 bits per heavy atom. The largest absolute Gasteiger partial charge is 0.494 e. The fourth-order valence-corrected chi connectivity index (χ4v) is 6.96. The smallest absolute Gasteiger partial charge is 0.246 e. The number of fused-ring (bicyclic) bond motifs is 1. The average molecular weight is 544 g/mol. The zero-order valence-electron chi connectivity index (χ0n) is 22.9. The quantitative estimate of drug-likeness (QED) is 0.468. The molecule has 0 aromatic heterocycles. The van der Waals surface area contributed by atoms with E-state index in [9.17, 15) is 14.4 Å². The first-order chi connectivity index (χ1) is 19.5. The number of rotatable bonds is 9. The van der Waals surface area contributed by atoms with Gasteiger partial charge in [0.15, 0.2) is 0 Å². The summed E-state index contributed by atoms with van der Waals surface area (Å²) in [7, 11) is 0. The highest BCUT2D eigenvalue weighted by molar-refractivity contribution is 6.02. The minimum absolute atomic E-state index is 0.101. The lowest BCUT2D eigenvalue weighted by Gasteiger charge is -2.34. The van der Waals surface area contributed by atoms with E-state index >= 15 is 0 Å². The molecule has 4 aliphatic rings. The summed E-state index contributed by atoms with van der Waals surface area (Å²) in [6.45, 7) is 2.85. The summed E-state index contributed by atoms with van der Waals surface area (Å²) in [6.07, 6.45) is 9.03. The predicted octanol–water partition coefficient (Wildman–Crippen LogP) is 3.87. The van der Waals surface area contributed by atoms with E-state index in [-0.39, 0.29) is 23.8 Å². The van der Waals surface area contributed by atoms with E-state index in [1.165, 1.54) is 6.42 Å². The second kappa shape index (κ2) is 11.1. The molecule has 2 N–H and O–H groups in total.